The third-order valence-electron chi connectivity index (χ3n) is 9.34. The molecule has 6 aromatic rings. The summed E-state index contributed by atoms with van der Waals surface area (Å²) in [6.07, 6.45) is 5.94. The van der Waals surface area contributed by atoms with E-state index in [0.29, 0.717) is 17.5 Å². The fraction of sp³-hybridized carbons (Fsp3) is 0.195. The Morgan fingerprint density at radius 1 is 0.478 bits per heavy atom. The lowest BCUT2D eigenvalue weighted by Gasteiger charge is -2.39. The molecule has 0 unspecified atom stereocenters. The molecule has 4 nitrogen and oxygen atoms in total. The van der Waals surface area contributed by atoms with Gasteiger partial charge >= 0.3 is 0 Å². The molecular formula is C41H38N3OP. The van der Waals surface area contributed by atoms with Crippen molar-refractivity contribution in [2.45, 2.75) is 37.5 Å². The van der Waals surface area contributed by atoms with E-state index < -0.39 is 7.14 Å². The molecule has 7 rings (SSSR count). The van der Waals surface area contributed by atoms with Gasteiger partial charge in [-0.25, -0.2) is 15.0 Å². The second-order valence-corrected chi connectivity index (χ2v) is 16.0. The molecule has 0 amide bonds. The van der Waals surface area contributed by atoms with Crippen molar-refractivity contribution in [1.82, 2.24) is 15.0 Å². The van der Waals surface area contributed by atoms with Crippen molar-refractivity contribution in [2.75, 3.05) is 13.3 Å². The number of aromatic nitrogens is 3. The molecule has 0 spiro atoms. The first-order valence-electron chi connectivity index (χ1n) is 16.1. The fourth-order valence-electron chi connectivity index (χ4n) is 6.78. The summed E-state index contributed by atoms with van der Waals surface area (Å²) in [5.74, 6) is 2.01. The fourth-order valence-corrected chi connectivity index (χ4v) is 7.67. The van der Waals surface area contributed by atoms with Crippen LogP contribution in [0.25, 0.3) is 45.3 Å². The third-order valence-corrected chi connectivity index (χ3v) is 10.9. The normalized spacial score (nSPS) is 14.6. The van der Waals surface area contributed by atoms with Crippen LogP contribution in [0.5, 0.6) is 0 Å². The van der Waals surface area contributed by atoms with Crippen molar-refractivity contribution in [2.24, 2.45) is 0 Å². The maximum Gasteiger partial charge on any atom is 0.164 e. The summed E-state index contributed by atoms with van der Waals surface area (Å²) in [5.41, 5.74) is 7.83. The molecule has 0 atom stereocenters. The zero-order chi connectivity index (χ0) is 31.6. The lowest BCUT2D eigenvalue weighted by molar-refractivity contribution is 0.346. The van der Waals surface area contributed by atoms with E-state index in [0.717, 1.165) is 46.0 Å². The highest BCUT2D eigenvalue weighted by Gasteiger charge is 2.35. The highest BCUT2D eigenvalue weighted by Crippen LogP contribution is 2.46. The Kier molecular flexibility index (Phi) is 8.23. The van der Waals surface area contributed by atoms with Crippen molar-refractivity contribution >= 4 is 12.4 Å². The Hall–Kier alpha value is -4.66. The van der Waals surface area contributed by atoms with Crippen LogP contribution in [0.2, 0.25) is 0 Å². The highest BCUT2D eigenvalue weighted by molar-refractivity contribution is 7.70. The Bertz CT molecular complexity index is 1940. The molecular weight excluding hydrogens is 581 g/mol. The van der Waals surface area contributed by atoms with Gasteiger partial charge in [-0.05, 0) is 54.5 Å². The monoisotopic (exact) mass is 619 g/mol. The second-order valence-electron chi connectivity index (χ2n) is 12.7. The van der Waals surface area contributed by atoms with Crippen molar-refractivity contribution in [3.8, 4) is 45.3 Å². The van der Waals surface area contributed by atoms with Gasteiger partial charge in [-0.2, -0.15) is 0 Å². The number of hydrogen-bond acceptors (Lipinski definition) is 4. The molecule has 5 aromatic carbocycles. The number of rotatable bonds is 7. The van der Waals surface area contributed by atoms with Gasteiger partial charge in [0, 0.05) is 27.4 Å². The first kappa shape index (κ1) is 30.0. The lowest BCUT2D eigenvalue weighted by atomic mass is 9.65. The molecule has 1 saturated carbocycles. The summed E-state index contributed by atoms with van der Waals surface area (Å²) in [6, 6.07) is 46.4. The minimum absolute atomic E-state index is 0.0385. The minimum atomic E-state index is -2.32. The van der Waals surface area contributed by atoms with Crippen LogP contribution >= 0.6 is 7.14 Å². The number of nitrogens with zero attached hydrogens (tertiary/aromatic N) is 3. The number of benzene rings is 5. The van der Waals surface area contributed by atoms with Crippen molar-refractivity contribution in [3.63, 3.8) is 0 Å². The Balaban J connectivity index is 1.24. The molecule has 0 radical (unpaired) electrons. The lowest BCUT2D eigenvalue weighted by Crippen LogP contribution is -2.30. The predicted molar refractivity (Wildman–Crippen MR) is 191 cm³/mol. The van der Waals surface area contributed by atoms with Crippen LogP contribution in [0, 0.1) is 0 Å². The summed E-state index contributed by atoms with van der Waals surface area (Å²) < 4.78 is 12.7. The summed E-state index contributed by atoms with van der Waals surface area (Å²) in [7, 11) is -2.32. The van der Waals surface area contributed by atoms with E-state index >= 15 is 0 Å². The van der Waals surface area contributed by atoms with Crippen molar-refractivity contribution in [3.05, 3.63) is 145 Å². The maximum absolute atomic E-state index is 12.7. The topological polar surface area (TPSA) is 55.7 Å². The molecule has 1 aliphatic carbocycles. The van der Waals surface area contributed by atoms with Crippen LogP contribution in [0.15, 0.2) is 133 Å². The van der Waals surface area contributed by atoms with Crippen molar-refractivity contribution < 1.29 is 4.57 Å². The standard InChI is InChI=1S/C41H38N3OP/c1-46(2,45)37-18-12-17-34(29-37)30-19-23-35(24-20-30)41(27-10-5-11-28-41)36-25-21-33(22-26-36)40-43-38(31-13-6-3-7-14-31)42-39(44-40)32-15-8-4-9-16-32/h3-4,6-9,12-26,29H,5,10-11,27-28H2,1-2H3. The van der Waals surface area contributed by atoms with Crippen LogP contribution in [0.4, 0.5) is 0 Å². The van der Waals surface area contributed by atoms with E-state index in [4.69, 9.17) is 15.0 Å². The van der Waals surface area contributed by atoms with E-state index in [9.17, 15) is 4.57 Å². The van der Waals surface area contributed by atoms with E-state index in [1.165, 1.54) is 30.4 Å². The summed E-state index contributed by atoms with van der Waals surface area (Å²) >= 11 is 0. The summed E-state index contributed by atoms with van der Waals surface area (Å²) in [6.45, 7) is 3.66. The second kappa shape index (κ2) is 12.6. The Labute approximate surface area is 272 Å². The zero-order valence-electron chi connectivity index (χ0n) is 26.4. The summed E-state index contributed by atoms with van der Waals surface area (Å²) in [5, 5.41) is 0.919. The molecule has 228 valence electrons. The molecule has 1 fully saturated rings. The summed E-state index contributed by atoms with van der Waals surface area (Å²) in [4.78, 5) is 14.7. The van der Waals surface area contributed by atoms with Gasteiger partial charge in [0.2, 0.25) is 0 Å². The van der Waals surface area contributed by atoms with Gasteiger partial charge in [-0.1, -0.05) is 147 Å². The van der Waals surface area contributed by atoms with E-state index in [-0.39, 0.29) is 5.41 Å². The van der Waals surface area contributed by atoms with Crippen LogP contribution in [0.1, 0.15) is 43.2 Å². The molecule has 0 saturated heterocycles. The Morgan fingerprint density at radius 2 is 0.913 bits per heavy atom. The van der Waals surface area contributed by atoms with E-state index in [2.05, 4.69) is 60.7 Å². The third kappa shape index (κ3) is 6.10. The van der Waals surface area contributed by atoms with Gasteiger partial charge in [0.1, 0.15) is 7.14 Å². The molecule has 5 heteroatoms. The van der Waals surface area contributed by atoms with Crippen LogP contribution in [-0.2, 0) is 9.98 Å². The first-order valence-corrected chi connectivity index (χ1v) is 18.7. The minimum Gasteiger partial charge on any atom is -0.319 e. The van der Waals surface area contributed by atoms with Crippen LogP contribution < -0.4 is 5.30 Å². The highest BCUT2D eigenvalue weighted by atomic mass is 31.2. The average Bonchev–Trinajstić information content (AvgIpc) is 3.12. The van der Waals surface area contributed by atoms with Gasteiger partial charge in [0.05, 0.1) is 0 Å². The molecule has 1 heterocycles. The molecule has 0 aliphatic heterocycles. The van der Waals surface area contributed by atoms with E-state index in [1.807, 2.05) is 86.1 Å². The van der Waals surface area contributed by atoms with Gasteiger partial charge in [-0.15, -0.1) is 0 Å². The quantitative estimate of drug-likeness (QED) is 0.167. The first-order chi connectivity index (χ1) is 22.4. The van der Waals surface area contributed by atoms with Crippen molar-refractivity contribution in [1.29, 1.82) is 0 Å². The molecule has 0 N–H and O–H groups in total. The van der Waals surface area contributed by atoms with Gasteiger partial charge < -0.3 is 4.57 Å². The molecule has 46 heavy (non-hydrogen) atoms. The molecule has 0 bridgehead atoms. The molecule has 1 aliphatic rings. The van der Waals surface area contributed by atoms with Crippen LogP contribution in [-0.4, -0.2) is 28.3 Å². The smallest absolute Gasteiger partial charge is 0.164 e. The van der Waals surface area contributed by atoms with Gasteiger partial charge in [0.15, 0.2) is 17.5 Å². The maximum atomic E-state index is 12.7. The average molecular weight is 620 g/mol. The predicted octanol–water partition coefficient (Wildman–Crippen LogP) is 10.0. The molecule has 1 aromatic heterocycles. The number of hydrogen-bond donors (Lipinski definition) is 0. The SMILES string of the molecule is CP(C)(=O)c1cccc(-c2ccc(C3(c4ccc(-c5nc(-c6ccccc6)nc(-c6ccccc6)n5)cc4)CCCCC3)cc2)c1. The van der Waals surface area contributed by atoms with Crippen LogP contribution in [0.3, 0.4) is 0 Å². The Morgan fingerprint density at radius 3 is 1.39 bits per heavy atom. The van der Waals surface area contributed by atoms with Gasteiger partial charge in [-0.3, -0.25) is 0 Å². The largest absolute Gasteiger partial charge is 0.319 e. The zero-order valence-corrected chi connectivity index (χ0v) is 27.3. The van der Waals surface area contributed by atoms with E-state index in [1.54, 1.807) is 0 Å². The van der Waals surface area contributed by atoms with Gasteiger partial charge in [0.25, 0.3) is 0 Å².